The Morgan fingerprint density at radius 1 is 1.38 bits per heavy atom. The van der Waals surface area contributed by atoms with Gasteiger partial charge >= 0.3 is 6.03 Å². The van der Waals surface area contributed by atoms with Crippen LogP contribution >= 0.6 is 11.3 Å². The Bertz CT molecular complexity index is 656. The Morgan fingerprint density at radius 3 is 2.86 bits per heavy atom. The Kier molecular flexibility index (Phi) is 5.38. The molecule has 0 aliphatic rings. The number of anilines is 1. The number of carbonyl (C=O) groups is 1. The van der Waals surface area contributed by atoms with Gasteiger partial charge in [-0.25, -0.2) is 4.79 Å². The van der Waals surface area contributed by atoms with Gasteiger partial charge in [0.25, 0.3) is 0 Å². The molecule has 2 N–H and O–H groups in total. The van der Waals surface area contributed by atoms with Crippen molar-refractivity contribution in [2.45, 2.75) is 6.54 Å². The molecule has 0 aliphatic heterocycles. The van der Waals surface area contributed by atoms with Crippen molar-refractivity contribution in [3.05, 3.63) is 52.2 Å². The van der Waals surface area contributed by atoms with E-state index in [0.29, 0.717) is 6.54 Å². The van der Waals surface area contributed by atoms with Crippen LogP contribution in [0.2, 0.25) is 0 Å². The molecule has 5 heteroatoms. The number of nitrogens with one attached hydrogen (secondary N) is 1. The van der Waals surface area contributed by atoms with Gasteiger partial charge in [-0.3, -0.25) is 0 Å². The predicted octanol–water partition coefficient (Wildman–Crippen LogP) is 2.76. The highest BCUT2D eigenvalue weighted by molar-refractivity contribution is 7.10. The van der Waals surface area contributed by atoms with E-state index in [0.717, 1.165) is 16.1 Å². The van der Waals surface area contributed by atoms with Gasteiger partial charge in [-0.1, -0.05) is 30.0 Å². The molecule has 2 aromatic rings. The molecule has 0 saturated heterocycles. The first kappa shape index (κ1) is 15.1. The maximum absolute atomic E-state index is 12.1. The van der Waals surface area contributed by atoms with E-state index in [-0.39, 0.29) is 12.6 Å². The summed E-state index contributed by atoms with van der Waals surface area (Å²) in [5.74, 6) is 5.45. The molecule has 0 bridgehead atoms. The molecule has 1 aromatic heterocycles. The lowest BCUT2D eigenvalue weighted by Gasteiger charge is -2.17. The number of aliphatic hydroxyl groups excluding tert-OH is 1. The lowest BCUT2D eigenvalue weighted by Crippen LogP contribution is -2.30. The van der Waals surface area contributed by atoms with E-state index in [1.165, 1.54) is 0 Å². The van der Waals surface area contributed by atoms with Crippen molar-refractivity contribution in [1.82, 2.24) is 4.90 Å². The van der Waals surface area contributed by atoms with Crippen molar-refractivity contribution in [3.8, 4) is 11.8 Å². The summed E-state index contributed by atoms with van der Waals surface area (Å²) in [6.45, 7) is 0.370. The number of carbonyl (C=O) groups excluding carboxylic acids is 1. The van der Waals surface area contributed by atoms with Crippen LogP contribution < -0.4 is 5.32 Å². The summed E-state index contributed by atoms with van der Waals surface area (Å²) in [4.78, 5) is 14.7. The number of benzene rings is 1. The summed E-state index contributed by atoms with van der Waals surface area (Å²) in [6.07, 6.45) is 0. The van der Waals surface area contributed by atoms with E-state index in [2.05, 4.69) is 17.2 Å². The Balaban J connectivity index is 1.93. The molecule has 108 valence electrons. The summed E-state index contributed by atoms with van der Waals surface area (Å²) < 4.78 is 0. The minimum atomic E-state index is -0.155. The molecule has 1 heterocycles. The largest absolute Gasteiger partial charge is 0.384 e. The number of hydrogen-bond acceptors (Lipinski definition) is 3. The molecule has 0 fully saturated rings. The van der Waals surface area contributed by atoms with Crippen molar-refractivity contribution in [3.63, 3.8) is 0 Å². The average Bonchev–Trinajstić information content (AvgIpc) is 2.93. The summed E-state index contributed by atoms with van der Waals surface area (Å²) in [5, 5.41) is 13.4. The van der Waals surface area contributed by atoms with Crippen LogP contribution in [0.3, 0.4) is 0 Å². The van der Waals surface area contributed by atoms with Crippen LogP contribution in [0.4, 0.5) is 10.5 Å². The third-order valence-corrected chi connectivity index (χ3v) is 3.65. The van der Waals surface area contributed by atoms with Crippen LogP contribution in [0.5, 0.6) is 0 Å². The Labute approximate surface area is 128 Å². The first-order chi connectivity index (χ1) is 10.2. The van der Waals surface area contributed by atoms with Gasteiger partial charge in [0.15, 0.2) is 0 Å². The number of thiophene rings is 1. The normalized spacial score (nSPS) is 9.62. The molecule has 0 unspecified atom stereocenters. The fourth-order valence-electron chi connectivity index (χ4n) is 1.72. The topological polar surface area (TPSA) is 52.6 Å². The molecule has 1 aromatic carbocycles. The first-order valence-corrected chi connectivity index (χ1v) is 7.31. The van der Waals surface area contributed by atoms with Crippen LogP contribution in [0, 0.1) is 11.8 Å². The summed E-state index contributed by atoms with van der Waals surface area (Å²) in [7, 11) is 1.75. The van der Waals surface area contributed by atoms with Crippen LogP contribution in [-0.4, -0.2) is 29.7 Å². The SMILES string of the molecule is CN(Cc1cc(C#CCO)cs1)C(=O)Nc1ccccc1. The zero-order chi connectivity index (χ0) is 15.1. The second-order valence-electron chi connectivity index (χ2n) is 4.41. The third kappa shape index (κ3) is 4.63. The van der Waals surface area contributed by atoms with Gasteiger partial charge < -0.3 is 15.3 Å². The van der Waals surface area contributed by atoms with Crippen LogP contribution in [0.1, 0.15) is 10.4 Å². The fraction of sp³-hybridized carbons (Fsp3) is 0.188. The fourth-order valence-corrected chi connectivity index (χ4v) is 2.59. The van der Waals surface area contributed by atoms with Gasteiger partial charge in [0.1, 0.15) is 6.61 Å². The van der Waals surface area contributed by atoms with E-state index in [9.17, 15) is 4.79 Å². The van der Waals surface area contributed by atoms with Gasteiger partial charge in [0.2, 0.25) is 0 Å². The van der Waals surface area contributed by atoms with E-state index >= 15 is 0 Å². The van der Waals surface area contributed by atoms with Gasteiger partial charge in [-0.05, 0) is 18.2 Å². The molecular formula is C16H16N2O2S. The molecule has 0 radical (unpaired) electrons. The van der Waals surface area contributed by atoms with E-state index in [1.807, 2.05) is 41.8 Å². The molecule has 0 saturated carbocycles. The van der Waals surface area contributed by atoms with Crippen LogP contribution in [0.25, 0.3) is 0 Å². The highest BCUT2D eigenvalue weighted by atomic mass is 32.1. The molecule has 2 rings (SSSR count). The van der Waals surface area contributed by atoms with Gasteiger partial charge in [-0.2, -0.15) is 0 Å². The van der Waals surface area contributed by atoms with Crippen molar-refractivity contribution >= 4 is 23.1 Å². The minimum Gasteiger partial charge on any atom is -0.384 e. The maximum atomic E-state index is 12.1. The Morgan fingerprint density at radius 2 is 2.14 bits per heavy atom. The second-order valence-corrected chi connectivity index (χ2v) is 5.41. The highest BCUT2D eigenvalue weighted by Crippen LogP contribution is 2.16. The van der Waals surface area contributed by atoms with Crippen LogP contribution in [0.15, 0.2) is 41.8 Å². The number of aliphatic hydroxyl groups is 1. The standard InChI is InChI=1S/C16H16N2O2S/c1-18(16(20)17-14-7-3-2-4-8-14)11-15-10-13(12-21-15)6-5-9-19/h2-4,7-8,10,12,19H,9,11H2,1H3,(H,17,20). The van der Waals surface area contributed by atoms with Gasteiger partial charge in [0, 0.05) is 28.6 Å². The average molecular weight is 300 g/mol. The Hall–Kier alpha value is -2.29. The quantitative estimate of drug-likeness (QED) is 0.856. The molecule has 21 heavy (non-hydrogen) atoms. The lowest BCUT2D eigenvalue weighted by molar-refractivity contribution is 0.221. The van der Waals surface area contributed by atoms with Crippen molar-refractivity contribution in [2.75, 3.05) is 19.0 Å². The molecule has 2 amide bonds. The number of urea groups is 1. The van der Waals surface area contributed by atoms with Crippen molar-refractivity contribution in [1.29, 1.82) is 0 Å². The zero-order valence-electron chi connectivity index (χ0n) is 11.7. The molecule has 4 nitrogen and oxygen atoms in total. The number of nitrogens with zero attached hydrogens (tertiary/aromatic N) is 1. The summed E-state index contributed by atoms with van der Waals surface area (Å²) in [5.41, 5.74) is 1.64. The molecular weight excluding hydrogens is 284 g/mol. The second kappa shape index (κ2) is 7.48. The number of para-hydroxylation sites is 1. The maximum Gasteiger partial charge on any atom is 0.321 e. The van der Waals surface area contributed by atoms with Crippen molar-refractivity contribution in [2.24, 2.45) is 0 Å². The highest BCUT2D eigenvalue weighted by Gasteiger charge is 2.10. The lowest BCUT2D eigenvalue weighted by atomic mass is 10.3. The monoisotopic (exact) mass is 300 g/mol. The van der Waals surface area contributed by atoms with Gasteiger partial charge in [0.05, 0.1) is 6.54 Å². The number of amides is 2. The third-order valence-electron chi connectivity index (χ3n) is 2.73. The van der Waals surface area contributed by atoms with Gasteiger partial charge in [-0.15, -0.1) is 11.3 Å². The van der Waals surface area contributed by atoms with E-state index in [4.69, 9.17) is 5.11 Å². The predicted molar refractivity (Wildman–Crippen MR) is 85.2 cm³/mol. The summed E-state index contributed by atoms with van der Waals surface area (Å²) in [6, 6.07) is 11.1. The van der Waals surface area contributed by atoms with Crippen molar-refractivity contribution < 1.29 is 9.90 Å². The number of rotatable bonds is 3. The van der Waals surface area contributed by atoms with E-state index in [1.54, 1.807) is 23.3 Å². The molecule has 0 aliphatic carbocycles. The van der Waals surface area contributed by atoms with Crippen LogP contribution in [-0.2, 0) is 6.54 Å². The number of hydrogen-bond donors (Lipinski definition) is 2. The first-order valence-electron chi connectivity index (χ1n) is 6.43. The molecule has 0 spiro atoms. The van der Waals surface area contributed by atoms with E-state index < -0.39 is 0 Å². The zero-order valence-corrected chi connectivity index (χ0v) is 12.5. The smallest absolute Gasteiger partial charge is 0.321 e. The summed E-state index contributed by atoms with van der Waals surface area (Å²) >= 11 is 1.55. The molecule has 0 atom stereocenters. The minimum absolute atomic E-state index is 0.148.